The van der Waals surface area contributed by atoms with Gasteiger partial charge in [0.25, 0.3) is 0 Å². The van der Waals surface area contributed by atoms with Gasteiger partial charge in [0.15, 0.2) is 0 Å². The third-order valence-corrected chi connectivity index (χ3v) is 3.46. The Morgan fingerprint density at radius 1 is 1.17 bits per heavy atom. The molecule has 102 valence electrons. The van der Waals surface area contributed by atoms with Crippen LogP contribution in [0.4, 0.5) is 0 Å². The van der Waals surface area contributed by atoms with Gasteiger partial charge in [-0.05, 0) is 24.1 Å². The van der Waals surface area contributed by atoms with Gasteiger partial charge in [0.1, 0.15) is 0 Å². The molecule has 1 aromatic rings. The molecule has 18 heavy (non-hydrogen) atoms. The molecular formula is C15H25NOS. The van der Waals surface area contributed by atoms with Crippen LogP contribution in [0, 0.1) is 0 Å². The molecule has 0 aliphatic heterocycles. The summed E-state index contributed by atoms with van der Waals surface area (Å²) in [7, 11) is 0. The summed E-state index contributed by atoms with van der Waals surface area (Å²) in [5.74, 6) is 1.03. The Hall–Kier alpha value is -0.510. The largest absolute Gasteiger partial charge is 0.381 e. The first-order chi connectivity index (χ1) is 8.72. The Balaban J connectivity index is 2.23. The van der Waals surface area contributed by atoms with E-state index >= 15 is 0 Å². The van der Waals surface area contributed by atoms with Crippen molar-refractivity contribution in [3.05, 3.63) is 29.8 Å². The van der Waals surface area contributed by atoms with Crippen LogP contribution in [0.2, 0.25) is 0 Å². The molecular weight excluding hydrogens is 242 g/mol. The highest BCUT2D eigenvalue weighted by molar-refractivity contribution is 7.99. The highest BCUT2D eigenvalue weighted by Gasteiger charge is 1.97. The first kappa shape index (κ1) is 15.5. The minimum atomic E-state index is 0.537. The van der Waals surface area contributed by atoms with Crippen LogP contribution >= 0.6 is 11.8 Å². The normalized spacial score (nSPS) is 11.1. The highest BCUT2D eigenvalue weighted by atomic mass is 32.2. The number of ether oxygens (including phenoxy) is 1. The van der Waals surface area contributed by atoms with Gasteiger partial charge >= 0.3 is 0 Å². The molecule has 0 radical (unpaired) electrons. The Morgan fingerprint density at radius 3 is 2.50 bits per heavy atom. The highest BCUT2D eigenvalue weighted by Crippen LogP contribution is 2.18. The second-order valence-electron chi connectivity index (χ2n) is 4.64. The van der Waals surface area contributed by atoms with Crippen LogP contribution in [-0.2, 0) is 11.3 Å². The third-order valence-electron chi connectivity index (χ3n) is 2.48. The van der Waals surface area contributed by atoms with E-state index in [1.54, 1.807) is 0 Å². The Bertz CT molecular complexity index is 311. The van der Waals surface area contributed by atoms with Crippen LogP contribution in [0.3, 0.4) is 0 Å². The number of benzene rings is 1. The first-order valence-corrected chi connectivity index (χ1v) is 7.73. The Kier molecular flexibility index (Phi) is 8.14. The van der Waals surface area contributed by atoms with Gasteiger partial charge in [0, 0.05) is 29.8 Å². The van der Waals surface area contributed by atoms with Crippen molar-refractivity contribution in [2.45, 2.75) is 44.7 Å². The van der Waals surface area contributed by atoms with Gasteiger partial charge in [-0.25, -0.2) is 0 Å². The average Bonchev–Trinajstić information content (AvgIpc) is 2.37. The zero-order valence-electron chi connectivity index (χ0n) is 11.7. The van der Waals surface area contributed by atoms with Crippen LogP contribution in [0.1, 0.15) is 32.8 Å². The monoisotopic (exact) mass is 267 g/mol. The number of nitrogens with one attached hydrogen (secondary N) is 1. The number of hydrogen-bond acceptors (Lipinski definition) is 3. The summed E-state index contributed by atoms with van der Waals surface area (Å²) in [4.78, 5) is 1.32. The molecule has 0 saturated carbocycles. The minimum Gasteiger partial charge on any atom is -0.381 e. The van der Waals surface area contributed by atoms with Gasteiger partial charge in [-0.1, -0.05) is 32.9 Å². The van der Waals surface area contributed by atoms with Crippen molar-refractivity contribution in [2.24, 2.45) is 0 Å². The lowest BCUT2D eigenvalue weighted by atomic mass is 10.2. The Labute approximate surface area is 116 Å². The molecule has 1 aromatic carbocycles. The molecule has 0 atom stereocenters. The van der Waals surface area contributed by atoms with Crippen molar-refractivity contribution in [2.75, 3.05) is 19.0 Å². The smallest absolute Gasteiger partial charge is 0.0560 e. The molecule has 0 aromatic heterocycles. The van der Waals surface area contributed by atoms with Gasteiger partial charge in [-0.2, -0.15) is 0 Å². The second kappa shape index (κ2) is 9.42. The van der Waals surface area contributed by atoms with E-state index in [0.717, 1.165) is 31.9 Å². The summed E-state index contributed by atoms with van der Waals surface area (Å²) in [6.07, 6.45) is 1.10. The van der Waals surface area contributed by atoms with E-state index in [1.807, 2.05) is 11.8 Å². The lowest BCUT2D eigenvalue weighted by Crippen LogP contribution is -2.21. The number of thioether (sulfide) groups is 1. The predicted octanol–water partition coefficient (Wildman–Crippen LogP) is 3.70. The van der Waals surface area contributed by atoms with E-state index in [-0.39, 0.29) is 0 Å². The zero-order valence-corrected chi connectivity index (χ0v) is 12.6. The molecule has 3 heteroatoms. The van der Waals surface area contributed by atoms with Crippen molar-refractivity contribution < 1.29 is 4.74 Å². The molecule has 0 spiro atoms. The van der Waals surface area contributed by atoms with Crippen molar-refractivity contribution >= 4 is 11.8 Å². The van der Waals surface area contributed by atoms with Crippen molar-refractivity contribution in [1.82, 2.24) is 5.32 Å². The van der Waals surface area contributed by atoms with E-state index in [0.29, 0.717) is 6.04 Å². The van der Waals surface area contributed by atoms with Gasteiger partial charge in [0.05, 0.1) is 6.61 Å². The molecule has 0 saturated heterocycles. The van der Waals surface area contributed by atoms with Crippen LogP contribution in [0.15, 0.2) is 29.2 Å². The maximum atomic E-state index is 5.46. The zero-order chi connectivity index (χ0) is 13.2. The van der Waals surface area contributed by atoms with E-state index in [9.17, 15) is 0 Å². The maximum Gasteiger partial charge on any atom is 0.0560 e. The summed E-state index contributed by atoms with van der Waals surface area (Å²) < 4.78 is 5.46. The van der Waals surface area contributed by atoms with E-state index in [2.05, 4.69) is 50.4 Å². The second-order valence-corrected chi connectivity index (χ2v) is 5.81. The van der Waals surface area contributed by atoms with Crippen LogP contribution in [0.5, 0.6) is 0 Å². The lowest BCUT2D eigenvalue weighted by Gasteiger charge is -2.08. The quantitative estimate of drug-likeness (QED) is 0.544. The summed E-state index contributed by atoms with van der Waals surface area (Å²) in [5.41, 5.74) is 1.34. The summed E-state index contributed by atoms with van der Waals surface area (Å²) in [6, 6.07) is 9.33. The molecule has 0 amide bonds. The van der Waals surface area contributed by atoms with Crippen LogP contribution in [-0.4, -0.2) is 25.0 Å². The maximum absolute atomic E-state index is 5.46. The first-order valence-electron chi connectivity index (χ1n) is 6.75. The van der Waals surface area contributed by atoms with Gasteiger partial charge < -0.3 is 10.1 Å². The molecule has 0 fully saturated rings. The van der Waals surface area contributed by atoms with Crippen molar-refractivity contribution in [3.63, 3.8) is 0 Å². The average molecular weight is 267 g/mol. The standard InChI is InChI=1S/C15H25NOS/c1-4-9-17-10-11-18-15-7-5-14(6-8-15)12-16-13(2)3/h5-8,13,16H,4,9-12H2,1-3H3. The number of hydrogen-bond donors (Lipinski definition) is 1. The van der Waals surface area contributed by atoms with Gasteiger partial charge in [-0.15, -0.1) is 11.8 Å². The fourth-order valence-corrected chi connectivity index (χ4v) is 2.26. The molecule has 1 rings (SSSR count). The van der Waals surface area contributed by atoms with Crippen molar-refractivity contribution in [1.29, 1.82) is 0 Å². The SMILES string of the molecule is CCCOCCSc1ccc(CNC(C)C)cc1. The molecule has 0 aliphatic rings. The molecule has 0 heterocycles. The van der Waals surface area contributed by atoms with Crippen molar-refractivity contribution in [3.8, 4) is 0 Å². The summed E-state index contributed by atoms with van der Waals surface area (Å²) in [6.45, 7) is 9.13. The minimum absolute atomic E-state index is 0.537. The molecule has 1 N–H and O–H groups in total. The van der Waals surface area contributed by atoms with E-state index in [4.69, 9.17) is 4.74 Å². The van der Waals surface area contributed by atoms with Crippen LogP contribution < -0.4 is 5.32 Å². The molecule has 0 aliphatic carbocycles. The van der Waals surface area contributed by atoms with E-state index < -0.39 is 0 Å². The Morgan fingerprint density at radius 2 is 1.89 bits per heavy atom. The fourth-order valence-electron chi connectivity index (χ4n) is 1.49. The summed E-state index contributed by atoms with van der Waals surface area (Å²) >= 11 is 1.86. The summed E-state index contributed by atoms with van der Waals surface area (Å²) in [5, 5.41) is 3.42. The number of rotatable bonds is 9. The predicted molar refractivity (Wildman–Crippen MR) is 80.3 cm³/mol. The third kappa shape index (κ3) is 7.04. The molecule has 2 nitrogen and oxygen atoms in total. The lowest BCUT2D eigenvalue weighted by molar-refractivity contribution is 0.151. The molecule has 0 unspecified atom stereocenters. The van der Waals surface area contributed by atoms with Gasteiger partial charge in [0.2, 0.25) is 0 Å². The van der Waals surface area contributed by atoms with Crippen LogP contribution in [0.25, 0.3) is 0 Å². The topological polar surface area (TPSA) is 21.3 Å². The fraction of sp³-hybridized carbons (Fsp3) is 0.600. The molecule has 0 bridgehead atoms. The van der Waals surface area contributed by atoms with E-state index in [1.165, 1.54) is 10.5 Å². The van der Waals surface area contributed by atoms with Gasteiger partial charge in [-0.3, -0.25) is 0 Å².